The first-order valence-electron chi connectivity index (χ1n) is 13.3. The summed E-state index contributed by atoms with van der Waals surface area (Å²) in [7, 11) is 0. The molecule has 0 radical (unpaired) electrons. The second-order valence-electron chi connectivity index (χ2n) is 10.1. The molecule has 38 heavy (non-hydrogen) atoms. The van der Waals surface area contributed by atoms with E-state index in [0.717, 1.165) is 27.8 Å². The zero-order valence-electron chi connectivity index (χ0n) is 21.2. The Morgan fingerprint density at radius 2 is 1.55 bits per heavy atom. The van der Waals surface area contributed by atoms with Crippen LogP contribution < -0.4 is 5.32 Å². The maximum absolute atomic E-state index is 15.6. The fourth-order valence-electron chi connectivity index (χ4n) is 5.91. The van der Waals surface area contributed by atoms with Crippen molar-refractivity contribution < 1.29 is 13.9 Å². The number of benzene rings is 4. The normalized spacial score (nSPS) is 21.4. The lowest BCUT2D eigenvalue weighted by Gasteiger charge is -2.38. The number of morpholine rings is 1. The Morgan fingerprint density at radius 3 is 2.34 bits per heavy atom. The molecule has 1 N–H and O–H groups in total. The third kappa shape index (κ3) is 4.75. The van der Waals surface area contributed by atoms with E-state index in [4.69, 9.17) is 4.74 Å². The van der Waals surface area contributed by atoms with Crippen LogP contribution in [0.1, 0.15) is 23.1 Å². The zero-order valence-corrected chi connectivity index (χ0v) is 21.2. The molecule has 2 heterocycles. The standard InChI is InChI=1S/C33H31FN2O2/c34-31-19-25(23-9-3-1-4-10-23)15-16-28(31)26-13-7-8-14-27(26)29-20-35-21-30(29)33(37)36-17-18-38-22-32(36)24-11-5-2-6-12-24/h1-16,19,29-30,32,35H,17-18,20-22H2/t29-,30?,32+/m0/s1. The summed E-state index contributed by atoms with van der Waals surface area (Å²) in [5.74, 6) is -0.407. The molecule has 0 bridgehead atoms. The van der Waals surface area contributed by atoms with Crippen LogP contribution in [-0.4, -0.2) is 43.7 Å². The first kappa shape index (κ1) is 24.5. The van der Waals surface area contributed by atoms with E-state index in [9.17, 15) is 4.79 Å². The molecule has 0 spiro atoms. The minimum atomic E-state index is -0.259. The minimum absolute atomic E-state index is 0.0498. The van der Waals surface area contributed by atoms with E-state index in [1.54, 1.807) is 6.07 Å². The van der Waals surface area contributed by atoms with Crippen molar-refractivity contribution in [3.8, 4) is 22.3 Å². The minimum Gasteiger partial charge on any atom is -0.377 e. The molecule has 0 saturated carbocycles. The van der Waals surface area contributed by atoms with E-state index >= 15 is 4.39 Å². The lowest BCUT2D eigenvalue weighted by atomic mass is 9.83. The maximum Gasteiger partial charge on any atom is 0.228 e. The van der Waals surface area contributed by atoms with Gasteiger partial charge >= 0.3 is 0 Å². The molecule has 192 valence electrons. The number of rotatable bonds is 5. The van der Waals surface area contributed by atoms with Crippen molar-refractivity contribution in [2.24, 2.45) is 5.92 Å². The van der Waals surface area contributed by atoms with Crippen molar-refractivity contribution in [2.45, 2.75) is 12.0 Å². The Kier molecular flexibility index (Phi) is 7.04. The van der Waals surface area contributed by atoms with Crippen LogP contribution in [0.5, 0.6) is 0 Å². The van der Waals surface area contributed by atoms with Gasteiger partial charge in [-0.3, -0.25) is 4.79 Å². The topological polar surface area (TPSA) is 41.6 Å². The largest absolute Gasteiger partial charge is 0.377 e. The van der Waals surface area contributed by atoms with Crippen LogP contribution in [0, 0.1) is 11.7 Å². The van der Waals surface area contributed by atoms with Crippen LogP contribution in [-0.2, 0) is 9.53 Å². The first-order valence-corrected chi connectivity index (χ1v) is 13.3. The second-order valence-corrected chi connectivity index (χ2v) is 10.1. The van der Waals surface area contributed by atoms with Gasteiger partial charge in [0.15, 0.2) is 0 Å². The number of hydrogen-bond acceptors (Lipinski definition) is 3. The SMILES string of the molecule is O=C(C1CNC[C@H]1c1ccccc1-c1ccc(-c2ccccc2)cc1F)N1CCOC[C@@H]1c1ccccc1. The van der Waals surface area contributed by atoms with Crippen molar-refractivity contribution >= 4 is 5.91 Å². The third-order valence-electron chi connectivity index (χ3n) is 7.85. The molecule has 2 aliphatic rings. The van der Waals surface area contributed by atoms with E-state index in [1.807, 2.05) is 89.8 Å². The molecular weight excluding hydrogens is 475 g/mol. The summed E-state index contributed by atoms with van der Waals surface area (Å²) in [4.78, 5) is 16.0. The van der Waals surface area contributed by atoms with Crippen LogP contribution >= 0.6 is 0 Å². The zero-order chi connectivity index (χ0) is 25.9. The summed E-state index contributed by atoms with van der Waals surface area (Å²) < 4.78 is 21.3. The summed E-state index contributed by atoms with van der Waals surface area (Å²) in [5, 5.41) is 3.45. The Labute approximate surface area is 223 Å². The Hall–Kier alpha value is -3.80. The highest BCUT2D eigenvalue weighted by molar-refractivity contribution is 5.82. The number of nitrogens with zero attached hydrogens (tertiary/aromatic N) is 1. The van der Waals surface area contributed by atoms with Gasteiger partial charge in [0.25, 0.3) is 0 Å². The average molecular weight is 507 g/mol. The van der Waals surface area contributed by atoms with Gasteiger partial charge in [-0.15, -0.1) is 0 Å². The molecule has 2 saturated heterocycles. The van der Waals surface area contributed by atoms with E-state index in [1.165, 1.54) is 0 Å². The Bertz CT molecular complexity index is 1410. The molecular formula is C33H31FN2O2. The smallest absolute Gasteiger partial charge is 0.228 e. The number of carbonyl (C=O) groups excluding carboxylic acids is 1. The number of carbonyl (C=O) groups is 1. The van der Waals surface area contributed by atoms with Crippen molar-refractivity contribution in [3.05, 3.63) is 120 Å². The van der Waals surface area contributed by atoms with Crippen molar-refractivity contribution in [2.75, 3.05) is 32.8 Å². The lowest BCUT2D eigenvalue weighted by Crippen LogP contribution is -2.47. The lowest BCUT2D eigenvalue weighted by molar-refractivity contribution is -0.144. The molecule has 4 aromatic carbocycles. The summed E-state index contributed by atoms with van der Waals surface area (Å²) in [6.07, 6.45) is 0. The van der Waals surface area contributed by atoms with Crippen molar-refractivity contribution in [1.82, 2.24) is 10.2 Å². The highest BCUT2D eigenvalue weighted by Gasteiger charge is 2.40. The van der Waals surface area contributed by atoms with E-state index in [2.05, 4.69) is 17.4 Å². The summed E-state index contributed by atoms with van der Waals surface area (Å²) in [5.41, 5.74) is 5.33. The molecule has 1 amide bonds. The summed E-state index contributed by atoms with van der Waals surface area (Å²) in [6, 6.07) is 33.2. The number of halogens is 1. The molecule has 5 heteroatoms. The second kappa shape index (κ2) is 10.9. The number of hydrogen-bond donors (Lipinski definition) is 1. The molecule has 2 fully saturated rings. The average Bonchev–Trinajstić information content (AvgIpc) is 3.48. The van der Waals surface area contributed by atoms with Gasteiger partial charge in [-0.2, -0.15) is 0 Å². The van der Waals surface area contributed by atoms with Gasteiger partial charge < -0.3 is 15.0 Å². The van der Waals surface area contributed by atoms with Crippen LogP contribution in [0.15, 0.2) is 103 Å². The molecule has 0 aromatic heterocycles. The first-order chi connectivity index (χ1) is 18.7. The molecule has 1 unspecified atom stereocenters. The van der Waals surface area contributed by atoms with Gasteiger partial charge in [-0.1, -0.05) is 97.1 Å². The molecule has 0 aliphatic carbocycles. The Morgan fingerprint density at radius 1 is 0.816 bits per heavy atom. The van der Waals surface area contributed by atoms with Crippen LogP contribution in [0.2, 0.25) is 0 Å². The van der Waals surface area contributed by atoms with E-state index in [0.29, 0.717) is 38.4 Å². The maximum atomic E-state index is 15.6. The van der Waals surface area contributed by atoms with Crippen LogP contribution in [0.3, 0.4) is 0 Å². The predicted octanol–water partition coefficient (Wildman–Crippen LogP) is 6.06. The van der Waals surface area contributed by atoms with Crippen molar-refractivity contribution in [1.29, 1.82) is 0 Å². The van der Waals surface area contributed by atoms with Gasteiger partial charge in [0.2, 0.25) is 5.91 Å². The number of ether oxygens (including phenoxy) is 1. The fourth-order valence-corrected chi connectivity index (χ4v) is 5.91. The van der Waals surface area contributed by atoms with Crippen LogP contribution in [0.25, 0.3) is 22.3 Å². The molecule has 2 aliphatic heterocycles. The molecule has 3 atom stereocenters. The van der Waals surface area contributed by atoms with E-state index in [-0.39, 0.29) is 29.6 Å². The van der Waals surface area contributed by atoms with Gasteiger partial charge in [0.1, 0.15) is 5.82 Å². The Balaban J connectivity index is 1.31. The monoisotopic (exact) mass is 506 g/mol. The van der Waals surface area contributed by atoms with Gasteiger partial charge in [0, 0.05) is 31.1 Å². The third-order valence-corrected chi connectivity index (χ3v) is 7.85. The summed E-state index contributed by atoms with van der Waals surface area (Å²) >= 11 is 0. The fraction of sp³-hybridized carbons (Fsp3) is 0.242. The molecule has 6 rings (SSSR count). The highest BCUT2D eigenvalue weighted by atomic mass is 19.1. The van der Waals surface area contributed by atoms with Gasteiger partial charge in [-0.25, -0.2) is 4.39 Å². The summed E-state index contributed by atoms with van der Waals surface area (Å²) in [6.45, 7) is 2.88. The number of nitrogens with one attached hydrogen (secondary N) is 1. The predicted molar refractivity (Wildman–Crippen MR) is 148 cm³/mol. The van der Waals surface area contributed by atoms with Gasteiger partial charge in [0.05, 0.1) is 25.2 Å². The van der Waals surface area contributed by atoms with E-state index < -0.39 is 0 Å². The quantitative estimate of drug-likeness (QED) is 0.358. The molecule has 4 nitrogen and oxygen atoms in total. The van der Waals surface area contributed by atoms with Crippen molar-refractivity contribution in [3.63, 3.8) is 0 Å². The van der Waals surface area contributed by atoms with Gasteiger partial charge in [-0.05, 0) is 33.9 Å². The van der Waals surface area contributed by atoms with Crippen LogP contribution in [0.4, 0.5) is 4.39 Å². The highest BCUT2D eigenvalue weighted by Crippen LogP contribution is 2.39. The molecule has 4 aromatic rings. The number of amides is 1.